The van der Waals surface area contributed by atoms with Crippen LogP contribution in [-0.2, 0) is 4.84 Å². The van der Waals surface area contributed by atoms with Gasteiger partial charge in [0, 0.05) is 12.0 Å². The van der Waals surface area contributed by atoms with Gasteiger partial charge in [-0.2, -0.15) is 13.2 Å². The van der Waals surface area contributed by atoms with Crippen LogP contribution < -0.4 is 14.2 Å². The maximum absolute atomic E-state index is 13.1. The highest BCUT2D eigenvalue weighted by molar-refractivity contribution is 6.04. The molecule has 0 aliphatic rings. The van der Waals surface area contributed by atoms with E-state index in [-0.39, 0.29) is 5.56 Å². The third-order valence-electron chi connectivity index (χ3n) is 4.71. The SMILES string of the molecule is C/C=C/COc1cc(C)c(OCCCOc2ccc(/C(=N/OC)C(F)(F)F)cc2C)c(C)c1. The van der Waals surface area contributed by atoms with Crippen molar-refractivity contribution in [2.75, 3.05) is 26.9 Å². The Morgan fingerprint density at radius 3 is 2.18 bits per heavy atom. The van der Waals surface area contributed by atoms with Gasteiger partial charge in [0.15, 0.2) is 5.71 Å². The fraction of sp³-hybridized carbons (Fsp3) is 0.400. The van der Waals surface area contributed by atoms with E-state index in [2.05, 4.69) is 9.99 Å². The van der Waals surface area contributed by atoms with Crippen LogP contribution in [0, 0.1) is 20.8 Å². The van der Waals surface area contributed by atoms with Crippen LogP contribution in [0.25, 0.3) is 0 Å². The summed E-state index contributed by atoms with van der Waals surface area (Å²) >= 11 is 0. The van der Waals surface area contributed by atoms with Gasteiger partial charge in [-0.05, 0) is 74.7 Å². The van der Waals surface area contributed by atoms with E-state index in [9.17, 15) is 13.2 Å². The quantitative estimate of drug-likeness (QED) is 0.168. The van der Waals surface area contributed by atoms with Crippen LogP contribution >= 0.6 is 0 Å². The van der Waals surface area contributed by atoms with Gasteiger partial charge in [-0.3, -0.25) is 0 Å². The lowest BCUT2D eigenvalue weighted by Gasteiger charge is -2.15. The van der Waals surface area contributed by atoms with Gasteiger partial charge in [0.25, 0.3) is 0 Å². The van der Waals surface area contributed by atoms with Crippen LogP contribution in [0.5, 0.6) is 17.2 Å². The Bertz CT molecular complexity index is 961. The molecule has 0 bridgehead atoms. The molecule has 0 saturated carbocycles. The first-order valence-electron chi connectivity index (χ1n) is 10.6. The van der Waals surface area contributed by atoms with Gasteiger partial charge in [-0.15, -0.1) is 0 Å². The summed E-state index contributed by atoms with van der Waals surface area (Å²) in [4.78, 5) is 4.34. The first-order valence-corrected chi connectivity index (χ1v) is 10.6. The zero-order valence-electron chi connectivity index (χ0n) is 19.6. The monoisotopic (exact) mass is 465 g/mol. The molecule has 0 aliphatic carbocycles. The van der Waals surface area contributed by atoms with Crippen LogP contribution in [0.4, 0.5) is 13.2 Å². The van der Waals surface area contributed by atoms with Gasteiger partial charge in [-0.1, -0.05) is 17.3 Å². The van der Waals surface area contributed by atoms with Gasteiger partial charge in [0.1, 0.15) is 31.0 Å². The van der Waals surface area contributed by atoms with Crippen LogP contribution in [0.2, 0.25) is 0 Å². The average molecular weight is 466 g/mol. The first-order chi connectivity index (χ1) is 15.7. The van der Waals surface area contributed by atoms with Crippen molar-refractivity contribution < 1.29 is 32.2 Å². The molecular weight excluding hydrogens is 435 g/mol. The average Bonchev–Trinajstić information content (AvgIpc) is 2.73. The van der Waals surface area contributed by atoms with E-state index in [0.29, 0.717) is 37.6 Å². The summed E-state index contributed by atoms with van der Waals surface area (Å²) in [7, 11) is 1.08. The highest BCUT2D eigenvalue weighted by Gasteiger charge is 2.38. The zero-order chi connectivity index (χ0) is 24.4. The molecule has 2 aromatic rings. The minimum atomic E-state index is -4.62. The molecule has 0 fully saturated rings. The number of hydrogen-bond acceptors (Lipinski definition) is 5. The molecule has 0 amide bonds. The normalized spacial score (nSPS) is 12.2. The molecule has 0 aromatic heterocycles. The molecule has 2 rings (SSSR count). The van der Waals surface area contributed by atoms with Crippen molar-refractivity contribution in [3.05, 3.63) is 64.7 Å². The van der Waals surface area contributed by atoms with E-state index in [1.165, 1.54) is 18.2 Å². The van der Waals surface area contributed by atoms with Crippen LogP contribution in [0.1, 0.15) is 35.6 Å². The second kappa shape index (κ2) is 12.2. The maximum atomic E-state index is 13.1. The zero-order valence-corrected chi connectivity index (χ0v) is 19.6. The maximum Gasteiger partial charge on any atom is 0.437 e. The minimum Gasteiger partial charge on any atom is -0.493 e. The third kappa shape index (κ3) is 7.73. The van der Waals surface area contributed by atoms with Crippen molar-refractivity contribution in [2.45, 2.75) is 40.3 Å². The summed E-state index contributed by atoms with van der Waals surface area (Å²) in [5, 5.41) is 3.11. The van der Waals surface area contributed by atoms with Crippen LogP contribution in [0.15, 0.2) is 47.6 Å². The first kappa shape index (κ1) is 26.1. The highest BCUT2D eigenvalue weighted by atomic mass is 19.4. The van der Waals surface area contributed by atoms with Crippen molar-refractivity contribution in [2.24, 2.45) is 5.16 Å². The predicted octanol–water partition coefficient (Wildman–Crippen LogP) is 6.33. The minimum absolute atomic E-state index is 0.0818. The standard InChI is InChI=1S/C25H30F3NO4/c1-6-7-11-31-21-15-18(3)23(19(4)16-21)33-13-8-12-32-22-10-9-20(14-17(22)2)24(29-30-5)25(26,27)28/h6-7,9-10,14-16H,8,11-13H2,1-5H3/b7-6+,29-24-. The second-order valence-corrected chi connectivity index (χ2v) is 7.42. The third-order valence-corrected chi connectivity index (χ3v) is 4.71. The van der Waals surface area contributed by atoms with E-state index in [0.717, 1.165) is 29.7 Å². The highest BCUT2D eigenvalue weighted by Crippen LogP contribution is 2.29. The molecule has 0 aliphatic heterocycles. The number of benzene rings is 2. The summed E-state index contributed by atoms with van der Waals surface area (Å²) in [6, 6.07) is 8.08. The lowest BCUT2D eigenvalue weighted by Crippen LogP contribution is -2.24. The topological polar surface area (TPSA) is 49.3 Å². The fourth-order valence-corrected chi connectivity index (χ4v) is 3.20. The molecule has 0 saturated heterocycles. The number of rotatable bonds is 11. The summed E-state index contributed by atoms with van der Waals surface area (Å²) in [5.41, 5.74) is 1.37. The summed E-state index contributed by atoms with van der Waals surface area (Å²) in [6.45, 7) is 8.88. The number of hydrogen-bond donors (Lipinski definition) is 0. The number of halogens is 3. The molecule has 0 atom stereocenters. The molecule has 33 heavy (non-hydrogen) atoms. The molecule has 0 unspecified atom stereocenters. The lowest BCUT2D eigenvalue weighted by atomic mass is 10.1. The molecule has 2 aromatic carbocycles. The number of oxime groups is 1. The second-order valence-electron chi connectivity index (χ2n) is 7.42. The Morgan fingerprint density at radius 2 is 1.61 bits per heavy atom. The van der Waals surface area contributed by atoms with Gasteiger partial charge in [0.05, 0.1) is 13.2 Å². The van der Waals surface area contributed by atoms with Gasteiger partial charge in [0.2, 0.25) is 0 Å². The summed E-state index contributed by atoms with van der Waals surface area (Å²) in [5.74, 6) is 2.11. The Morgan fingerprint density at radius 1 is 0.939 bits per heavy atom. The number of alkyl halides is 3. The van der Waals surface area contributed by atoms with E-state index in [1.807, 2.05) is 45.1 Å². The largest absolute Gasteiger partial charge is 0.493 e. The number of aryl methyl sites for hydroxylation is 3. The molecule has 0 radical (unpaired) electrons. The van der Waals surface area contributed by atoms with Crippen molar-refractivity contribution in [1.82, 2.24) is 0 Å². The van der Waals surface area contributed by atoms with Crippen molar-refractivity contribution >= 4 is 5.71 Å². The van der Waals surface area contributed by atoms with E-state index < -0.39 is 11.9 Å². The van der Waals surface area contributed by atoms with E-state index in [1.54, 1.807) is 6.92 Å². The number of ether oxygens (including phenoxy) is 3. The molecular formula is C25H30F3NO4. The van der Waals surface area contributed by atoms with Crippen molar-refractivity contribution in [3.8, 4) is 17.2 Å². The van der Waals surface area contributed by atoms with E-state index in [4.69, 9.17) is 14.2 Å². The Labute approximate surface area is 192 Å². The Hall–Kier alpha value is -3.16. The molecule has 5 nitrogen and oxygen atoms in total. The number of nitrogens with zero attached hydrogens (tertiary/aromatic N) is 1. The molecule has 0 N–H and O–H groups in total. The summed E-state index contributed by atoms with van der Waals surface area (Å²) in [6.07, 6.45) is -0.134. The van der Waals surface area contributed by atoms with Gasteiger partial charge in [-0.25, -0.2) is 0 Å². The van der Waals surface area contributed by atoms with E-state index >= 15 is 0 Å². The molecule has 8 heteroatoms. The predicted molar refractivity (Wildman–Crippen MR) is 123 cm³/mol. The summed E-state index contributed by atoms with van der Waals surface area (Å²) < 4.78 is 56.7. The molecule has 0 spiro atoms. The van der Waals surface area contributed by atoms with Crippen LogP contribution in [0.3, 0.4) is 0 Å². The molecule has 0 heterocycles. The van der Waals surface area contributed by atoms with Crippen LogP contribution in [-0.4, -0.2) is 38.8 Å². The van der Waals surface area contributed by atoms with Crippen molar-refractivity contribution in [1.29, 1.82) is 0 Å². The fourth-order valence-electron chi connectivity index (χ4n) is 3.20. The molecule has 180 valence electrons. The lowest BCUT2D eigenvalue weighted by molar-refractivity contribution is -0.0608. The number of allylic oxidation sites excluding steroid dienone is 1. The Balaban J connectivity index is 1.90. The van der Waals surface area contributed by atoms with Gasteiger partial charge < -0.3 is 19.0 Å². The van der Waals surface area contributed by atoms with Gasteiger partial charge >= 0.3 is 6.18 Å². The Kier molecular flexibility index (Phi) is 9.63. The smallest absolute Gasteiger partial charge is 0.437 e. The van der Waals surface area contributed by atoms with Crippen molar-refractivity contribution in [3.63, 3.8) is 0 Å².